The van der Waals surface area contributed by atoms with Gasteiger partial charge in [0.25, 0.3) is 0 Å². The van der Waals surface area contributed by atoms with Gasteiger partial charge in [0.2, 0.25) is 0 Å². The normalized spacial score (nSPS) is 9.83. The highest BCUT2D eigenvalue weighted by Crippen LogP contribution is 2.21. The molecular formula is C7H10BrN3O. The van der Waals surface area contributed by atoms with Crippen molar-refractivity contribution >= 4 is 27.4 Å². The maximum absolute atomic E-state index is 8.54. The van der Waals surface area contributed by atoms with Crippen LogP contribution in [0.3, 0.4) is 0 Å². The van der Waals surface area contributed by atoms with E-state index >= 15 is 0 Å². The molecule has 66 valence electrons. The average molecular weight is 232 g/mol. The summed E-state index contributed by atoms with van der Waals surface area (Å²) in [5.41, 5.74) is 6.09. The number of hydrogen-bond donors (Lipinski definition) is 3. The molecule has 1 heterocycles. The number of nitrogen functional groups attached to an aromatic ring is 1. The van der Waals surface area contributed by atoms with Crippen molar-refractivity contribution in [3.05, 3.63) is 16.7 Å². The molecule has 0 aromatic carbocycles. The lowest BCUT2D eigenvalue weighted by Crippen LogP contribution is -2.07. The number of pyridine rings is 1. The van der Waals surface area contributed by atoms with E-state index in [0.717, 1.165) is 4.47 Å². The van der Waals surface area contributed by atoms with E-state index in [1.807, 2.05) is 0 Å². The molecule has 0 fully saturated rings. The monoisotopic (exact) mass is 231 g/mol. The Kier molecular flexibility index (Phi) is 3.31. The standard InChI is InChI=1S/C7H10BrN3O/c8-6-3-5(9)4-11-7(6)10-1-2-12/h3-4,12H,1-2,9H2,(H,10,11). The molecule has 0 aliphatic heterocycles. The molecule has 4 N–H and O–H groups in total. The Labute approximate surface area is 78.9 Å². The fraction of sp³-hybridized carbons (Fsp3) is 0.286. The highest BCUT2D eigenvalue weighted by atomic mass is 79.9. The number of aliphatic hydroxyl groups is 1. The Bertz CT molecular complexity index is 267. The molecule has 0 radical (unpaired) electrons. The summed E-state index contributed by atoms with van der Waals surface area (Å²) in [6.45, 7) is 0.564. The second-order valence-corrected chi connectivity index (χ2v) is 3.10. The van der Waals surface area contributed by atoms with E-state index in [9.17, 15) is 0 Å². The minimum Gasteiger partial charge on any atom is -0.397 e. The van der Waals surface area contributed by atoms with Crippen LogP contribution in [0.4, 0.5) is 11.5 Å². The summed E-state index contributed by atoms with van der Waals surface area (Å²) in [6.07, 6.45) is 1.56. The van der Waals surface area contributed by atoms with Gasteiger partial charge < -0.3 is 16.2 Å². The molecule has 0 amide bonds. The first-order chi connectivity index (χ1) is 5.74. The first-order valence-electron chi connectivity index (χ1n) is 3.50. The number of nitrogens with two attached hydrogens (primary N) is 1. The van der Waals surface area contributed by atoms with E-state index in [2.05, 4.69) is 26.2 Å². The average Bonchev–Trinajstić information content (AvgIpc) is 2.03. The molecule has 0 saturated heterocycles. The summed E-state index contributed by atoms with van der Waals surface area (Å²) in [6, 6.07) is 1.76. The molecular weight excluding hydrogens is 222 g/mol. The molecule has 1 aromatic heterocycles. The summed E-state index contributed by atoms with van der Waals surface area (Å²) in [5.74, 6) is 0.693. The minimum absolute atomic E-state index is 0.0818. The van der Waals surface area contributed by atoms with Gasteiger partial charge in [-0.25, -0.2) is 4.98 Å². The third-order valence-electron chi connectivity index (χ3n) is 1.27. The predicted octanol–water partition coefficient (Wildman–Crippen LogP) is 0.831. The highest BCUT2D eigenvalue weighted by Gasteiger charge is 1.99. The van der Waals surface area contributed by atoms with Crippen LogP contribution in [-0.2, 0) is 0 Å². The number of aliphatic hydroxyl groups excluding tert-OH is 1. The van der Waals surface area contributed by atoms with Crippen LogP contribution in [0.15, 0.2) is 16.7 Å². The maximum Gasteiger partial charge on any atom is 0.140 e. The van der Waals surface area contributed by atoms with Gasteiger partial charge in [-0.05, 0) is 22.0 Å². The van der Waals surface area contributed by atoms with E-state index in [-0.39, 0.29) is 6.61 Å². The van der Waals surface area contributed by atoms with Crippen LogP contribution >= 0.6 is 15.9 Å². The SMILES string of the molecule is Nc1cnc(NCCO)c(Br)c1. The molecule has 1 rings (SSSR count). The van der Waals surface area contributed by atoms with Gasteiger partial charge in [-0.2, -0.15) is 0 Å². The van der Waals surface area contributed by atoms with Crippen molar-refractivity contribution in [3.63, 3.8) is 0 Å². The van der Waals surface area contributed by atoms with Crippen molar-refractivity contribution in [2.45, 2.75) is 0 Å². The van der Waals surface area contributed by atoms with Crippen LogP contribution in [0.2, 0.25) is 0 Å². The fourth-order valence-corrected chi connectivity index (χ4v) is 1.26. The molecule has 0 aliphatic rings. The summed E-state index contributed by atoms with van der Waals surface area (Å²) in [4.78, 5) is 4.02. The molecule has 0 atom stereocenters. The molecule has 1 aromatic rings. The van der Waals surface area contributed by atoms with Gasteiger partial charge in [0.1, 0.15) is 5.82 Å². The van der Waals surface area contributed by atoms with Crippen molar-refractivity contribution in [1.29, 1.82) is 0 Å². The maximum atomic E-state index is 8.54. The van der Waals surface area contributed by atoms with Crippen molar-refractivity contribution in [1.82, 2.24) is 4.98 Å². The zero-order valence-corrected chi connectivity index (χ0v) is 8.00. The molecule has 0 aliphatic carbocycles. The molecule has 0 bridgehead atoms. The Hall–Kier alpha value is -0.810. The molecule has 12 heavy (non-hydrogen) atoms. The molecule has 5 heteroatoms. The fourth-order valence-electron chi connectivity index (χ4n) is 0.757. The van der Waals surface area contributed by atoms with Gasteiger partial charge in [-0.15, -0.1) is 0 Å². The first kappa shape index (κ1) is 9.28. The zero-order chi connectivity index (χ0) is 8.97. The van der Waals surface area contributed by atoms with Gasteiger partial charge in [0.05, 0.1) is 23.0 Å². The Morgan fingerprint density at radius 2 is 2.42 bits per heavy atom. The summed E-state index contributed by atoms with van der Waals surface area (Å²) >= 11 is 3.29. The highest BCUT2D eigenvalue weighted by molar-refractivity contribution is 9.10. The largest absolute Gasteiger partial charge is 0.397 e. The number of nitrogens with zero attached hydrogens (tertiary/aromatic N) is 1. The number of hydrogen-bond acceptors (Lipinski definition) is 4. The van der Waals surface area contributed by atoms with E-state index < -0.39 is 0 Å². The lowest BCUT2D eigenvalue weighted by molar-refractivity contribution is 0.311. The van der Waals surface area contributed by atoms with Crippen LogP contribution < -0.4 is 11.1 Å². The molecule has 0 spiro atoms. The Morgan fingerprint density at radius 1 is 1.67 bits per heavy atom. The number of anilines is 2. The molecule has 0 unspecified atom stereocenters. The summed E-state index contributed by atoms with van der Waals surface area (Å²) < 4.78 is 0.802. The smallest absolute Gasteiger partial charge is 0.140 e. The van der Waals surface area contributed by atoms with Crippen LogP contribution in [0.5, 0.6) is 0 Å². The van der Waals surface area contributed by atoms with E-state index in [4.69, 9.17) is 10.8 Å². The number of aromatic nitrogens is 1. The zero-order valence-electron chi connectivity index (χ0n) is 6.42. The van der Waals surface area contributed by atoms with Gasteiger partial charge in [-0.3, -0.25) is 0 Å². The van der Waals surface area contributed by atoms with Crippen molar-refractivity contribution in [2.75, 3.05) is 24.2 Å². The minimum atomic E-state index is 0.0818. The number of rotatable bonds is 3. The second kappa shape index (κ2) is 4.27. The predicted molar refractivity (Wildman–Crippen MR) is 51.9 cm³/mol. The lowest BCUT2D eigenvalue weighted by atomic mass is 10.4. The van der Waals surface area contributed by atoms with E-state index in [1.165, 1.54) is 0 Å². The van der Waals surface area contributed by atoms with Gasteiger partial charge in [0.15, 0.2) is 0 Å². The quantitative estimate of drug-likeness (QED) is 0.721. The Morgan fingerprint density at radius 3 is 3.00 bits per heavy atom. The second-order valence-electron chi connectivity index (χ2n) is 2.25. The molecule has 0 saturated carbocycles. The van der Waals surface area contributed by atoms with Gasteiger partial charge >= 0.3 is 0 Å². The van der Waals surface area contributed by atoms with E-state index in [1.54, 1.807) is 12.3 Å². The van der Waals surface area contributed by atoms with Crippen LogP contribution in [0.1, 0.15) is 0 Å². The number of halogens is 1. The van der Waals surface area contributed by atoms with Crippen LogP contribution in [0.25, 0.3) is 0 Å². The first-order valence-corrected chi connectivity index (χ1v) is 4.29. The molecule has 4 nitrogen and oxygen atoms in total. The third kappa shape index (κ3) is 2.35. The van der Waals surface area contributed by atoms with Crippen LogP contribution in [-0.4, -0.2) is 23.2 Å². The van der Waals surface area contributed by atoms with Crippen molar-refractivity contribution in [2.24, 2.45) is 0 Å². The van der Waals surface area contributed by atoms with Crippen molar-refractivity contribution in [3.8, 4) is 0 Å². The lowest BCUT2D eigenvalue weighted by Gasteiger charge is -2.05. The van der Waals surface area contributed by atoms with Gasteiger partial charge in [-0.1, -0.05) is 0 Å². The third-order valence-corrected chi connectivity index (χ3v) is 1.87. The summed E-state index contributed by atoms with van der Waals surface area (Å²) in [7, 11) is 0. The van der Waals surface area contributed by atoms with Gasteiger partial charge in [0, 0.05) is 6.54 Å². The van der Waals surface area contributed by atoms with Crippen molar-refractivity contribution < 1.29 is 5.11 Å². The number of nitrogens with one attached hydrogen (secondary N) is 1. The summed E-state index contributed by atoms with van der Waals surface area (Å²) in [5, 5.41) is 11.5. The Balaban J connectivity index is 2.72. The van der Waals surface area contributed by atoms with E-state index in [0.29, 0.717) is 18.1 Å². The topological polar surface area (TPSA) is 71.2 Å². The van der Waals surface area contributed by atoms with Crippen LogP contribution in [0, 0.1) is 0 Å².